The van der Waals surface area contributed by atoms with Gasteiger partial charge in [-0.15, -0.1) is 11.3 Å². The first-order chi connectivity index (χ1) is 19.8. The third-order valence-electron chi connectivity index (χ3n) is 11.9. The number of thiophene rings is 1. The molecule has 0 aliphatic heterocycles. The van der Waals surface area contributed by atoms with Crippen LogP contribution < -0.4 is 0 Å². The van der Waals surface area contributed by atoms with Crippen molar-refractivity contribution >= 4 is 27.5 Å². The van der Waals surface area contributed by atoms with Crippen molar-refractivity contribution in [1.82, 2.24) is 0 Å². The van der Waals surface area contributed by atoms with E-state index in [0.29, 0.717) is 0 Å². The second-order valence-corrected chi connectivity index (χ2v) is 14.2. The monoisotopic (exact) mass is 566 g/mol. The van der Waals surface area contributed by atoms with Crippen LogP contribution in [0.25, 0.3) is 38.4 Å². The van der Waals surface area contributed by atoms with E-state index in [1.807, 2.05) is 11.3 Å². The molecule has 2 aliphatic carbocycles. The number of fused-ring (bicyclic) bond motifs is 10. The predicted molar refractivity (Wildman–Crippen MR) is 185 cm³/mol. The molecule has 0 saturated carbocycles. The second kappa shape index (κ2) is 8.80. The molecule has 7 rings (SSSR count). The molecular weight excluding hydrogens is 525 g/mol. The van der Waals surface area contributed by atoms with Crippen LogP contribution in [0.3, 0.4) is 0 Å². The van der Waals surface area contributed by atoms with E-state index >= 15 is 0 Å². The normalized spacial score (nSPS) is 14.3. The largest absolute Gasteiger partial charge is 0.144 e. The molecule has 1 heterocycles. The third-order valence-corrected chi connectivity index (χ3v) is 12.8. The van der Waals surface area contributed by atoms with E-state index in [1.165, 1.54) is 121 Å². The maximum Gasteiger partial charge on any atom is 0.0658 e. The van der Waals surface area contributed by atoms with Crippen LogP contribution in [0.5, 0.6) is 0 Å². The Labute approximate surface area is 256 Å². The number of benzene rings is 4. The topological polar surface area (TPSA) is 0 Å². The molecule has 0 atom stereocenters. The van der Waals surface area contributed by atoms with Crippen molar-refractivity contribution < 1.29 is 0 Å². The van der Waals surface area contributed by atoms with E-state index in [4.69, 9.17) is 0 Å². The van der Waals surface area contributed by atoms with Crippen molar-refractivity contribution in [3.8, 4) is 22.3 Å². The summed E-state index contributed by atoms with van der Waals surface area (Å²) in [6.07, 6.45) is 5.01. The van der Waals surface area contributed by atoms with Gasteiger partial charge < -0.3 is 0 Å². The van der Waals surface area contributed by atoms with Gasteiger partial charge >= 0.3 is 0 Å². The van der Waals surface area contributed by atoms with Crippen LogP contribution in [0.1, 0.15) is 89.0 Å². The molecule has 0 saturated heterocycles. The molecule has 0 radical (unpaired) electrons. The van der Waals surface area contributed by atoms with E-state index < -0.39 is 0 Å². The first kappa shape index (κ1) is 27.4. The lowest BCUT2D eigenvalue weighted by Gasteiger charge is -2.38. The lowest BCUT2D eigenvalue weighted by molar-refractivity contribution is 0.779. The van der Waals surface area contributed by atoms with Gasteiger partial charge in [-0.1, -0.05) is 12.2 Å². The van der Waals surface area contributed by atoms with Crippen LogP contribution in [0.2, 0.25) is 0 Å². The molecule has 0 amide bonds. The van der Waals surface area contributed by atoms with E-state index in [1.54, 1.807) is 0 Å². The van der Waals surface area contributed by atoms with Crippen LogP contribution in [-0.2, 0) is 5.41 Å². The smallest absolute Gasteiger partial charge is 0.0658 e. The average molecular weight is 567 g/mol. The van der Waals surface area contributed by atoms with Crippen LogP contribution in [0.15, 0.2) is 29.7 Å². The van der Waals surface area contributed by atoms with Gasteiger partial charge in [-0.3, -0.25) is 0 Å². The zero-order valence-electron chi connectivity index (χ0n) is 27.4. The van der Waals surface area contributed by atoms with E-state index in [9.17, 15) is 0 Å². The summed E-state index contributed by atoms with van der Waals surface area (Å²) in [5, 5.41) is 3.59. The fourth-order valence-corrected chi connectivity index (χ4v) is 9.36. The highest BCUT2D eigenvalue weighted by Gasteiger charge is 2.48. The van der Waals surface area contributed by atoms with Crippen LogP contribution in [-0.4, -0.2) is 0 Å². The third kappa shape index (κ3) is 3.08. The highest BCUT2D eigenvalue weighted by Crippen LogP contribution is 2.61. The molecule has 0 unspecified atom stereocenters. The van der Waals surface area contributed by atoms with Crippen molar-refractivity contribution in [3.63, 3.8) is 0 Å². The molecule has 0 fully saturated rings. The fraction of sp³-hybridized carbons (Fsp3) is 0.317. The van der Waals surface area contributed by atoms with Crippen molar-refractivity contribution in [2.45, 2.75) is 88.5 Å². The van der Waals surface area contributed by atoms with Gasteiger partial charge in [-0.2, -0.15) is 0 Å². The van der Waals surface area contributed by atoms with Crippen LogP contribution in [0.4, 0.5) is 0 Å². The highest BCUT2D eigenvalue weighted by molar-refractivity contribution is 7.17. The molecule has 1 spiro atoms. The molecule has 0 N–H and O–H groups in total. The summed E-state index contributed by atoms with van der Waals surface area (Å²) in [7, 11) is 0. The zero-order chi connectivity index (χ0) is 30.2. The van der Waals surface area contributed by atoms with Crippen molar-refractivity contribution in [3.05, 3.63) is 119 Å². The van der Waals surface area contributed by atoms with E-state index in [2.05, 4.69) is 119 Å². The summed E-state index contributed by atoms with van der Waals surface area (Å²) < 4.78 is 1.37. The summed E-state index contributed by atoms with van der Waals surface area (Å²) in [5.41, 5.74) is 28.3. The first-order valence-corrected chi connectivity index (χ1v) is 16.3. The molecule has 42 heavy (non-hydrogen) atoms. The van der Waals surface area contributed by atoms with Crippen LogP contribution in [0, 0.1) is 83.1 Å². The molecule has 2 aliphatic rings. The summed E-state index contributed by atoms with van der Waals surface area (Å²) in [4.78, 5) is 0. The van der Waals surface area contributed by atoms with Gasteiger partial charge in [0.1, 0.15) is 0 Å². The number of hydrogen-bond donors (Lipinski definition) is 0. The summed E-state index contributed by atoms with van der Waals surface area (Å²) in [6.45, 7) is 28.3. The number of hydrogen-bond acceptors (Lipinski definition) is 1. The maximum atomic E-state index is 2.58. The Kier molecular flexibility index (Phi) is 5.75. The minimum absolute atomic E-state index is 0.379. The SMILES string of the molecule is Cc1c(C)c(C)c2c(c1C)-c1c(C)c(C)c(C)c(C)c1C1(C=Cc3cc4sccc4cc31)c1c(C)c(C)c(C)c(C)c1-2. The maximum absolute atomic E-state index is 2.58. The molecule has 0 nitrogen and oxygen atoms in total. The van der Waals surface area contributed by atoms with Gasteiger partial charge in [0.05, 0.1) is 5.41 Å². The molecule has 0 bridgehead atoms. The molecule has 4 aromatic carbocycles. The Bertz CT molecular complexity index is 1990. The van der Waals surface area contributed by atoms with E-state index in [0.717, 1.165) is 0 Å². The van der Waals surface area contributed by atoms with Gasteiger partial charge in [0.25, 0.3) is 0 Å². The van der Waals surface area contributed by atoms with Crippen molar-refractivity contribution in [1.29, 1.82) is 0 Å². The molecule has 1 aromatic heterocycles. The lowest BCUT2D eigenvalue weighted by Crippen LogP contribution is -2.30. The minimum atomic E-state index is -0.379. The Morgan fingerprint density at radius 2 is 0.905 bits per heavy atom. The first-order valence-electron chi connectivity index (χ1n) is 15.4. The predicted octanol–water partition coefficient (Wildman–Crippen LogP) is 11.6. The summed E-state index contributed by atoms with van der Waals surface area (Å²) in [6, 6.07) is 7.27. The van der Waals surface area contributed by atoms with Crippen LogP contribution >= 0.6 is 11.3 Å². The summed E-state index contributed by atoms with van der Waals surface area (Å²) in [5.74, 6) is 0. The van der Waals surface area contributed by atoms with Gasteiger partial charge in [-0.25, -0.2) is 0 Å². The highest BCUT2D eigenvalue weighted by atomic mass is 32.1. The van der Waals surface area contributed by atoms with Gasteiger partial charge in [0.2, 0.25) is 0 Å². The number of allylic oxidation sites excluding steroid dienone is 1. The fourth-order valence-electron chi connectivity index (χ4n) is 8.54. The Morgan fingerprint density at radius 3 is 1.38 bits per heavy atom. The quantitative estimate of drug-likeness (QED) is 0.175. The molecular formula is C41H42S. The standard InChI is InChI=1S/C41H42S/c1-19-20(2)26(8)36-35(25(19)7)37-27(9)21(3)23(5)29(11)39(37)41(40-30(12)24(6)22(4)28(10)38(36)40)15-13-31-18-34-32(14-16-42-34)17-33(31)41/h13-18H,1-12H3. The van der Waals surface area contributed by atoms with Gasteiger partial charge in [-0.05, 0) is 223 Å². The van der Waals surface area contributed by atoms with E-state index in [-0.39, 0.29) is 5.41 Å². The van der Waals surface area contributed by atoms with Gasteiger partial charge in [0, 0.05) is 4.70 Å². The van der Waals surface area contributed by atoms with Crippen molar-refractivity contribution in [2.75, 3.05) is 0 Å². The number of rotatable bonds is 0. The summed E-state index contributed by atoms with van der Waals surface area (Å²) >= 11 is 1.85. The minimum Gasteiger partial charge on any atom is -0.144 e. The zero-order valence-corrected chi connectivity index (χ0v) is 28.2. The molecule has 212 valence electrons. The average Bonchev–Trinajstić information content (AvgIpc) is 3.56. The Morgan fingerprint density at radius 1 is 0.476 bits per heavy atom. The molecule has 5 aromatic rings. The van der Waals surface area contributed by atoms with Gasteiger partial charge in [0.15, 0.2) is 0 Å². The Hall–Kier alpha value is -3.42. The van der Waals surface area contributed by atoms with Crippen molar-refractivity contribution in [2.24, 2.45) is 0 Å². The molecule has 1 heteroatoms. The second-order valence-electron chi connectivity index (χ2n) is 13.3. The lowest BCUT2D eigenvalue weighted by atomic mass is 9.64. The Balaban J connectivity index is 1.88.